The lowest BCUT2D eigenvalue weighted by Gasteiger charge is -2.12. The van der Waals surface area contributed by atoms with Gasteiger partial charge in [-0.05, 0) is 54.8 Å². The summed E-state index contributed by atoms with van der Waals surface area (Å²) < 4.78 is 19.0. The third kappa shape index (κ3) is 4.20. The van der Waals surface area contributed by atoms with Crippen LogP contribution in [0, 0.1) is 17.1 Å². The number of rotatable bonds is 5. The molecule has 2 rings (SSSR count). The molecule has 0 bridgehead atoms. The molecule has 1 atom stereocenters. The van der Waals surface area contributed by atoms with E-state index in [1.165, 1.54) is 12.1 Å². The molecule has 0 spiro atoms. The van der Waals surface area contributed by atoms with Crippen molar-refractivity contribution in [2.24, 2.45) is 0 Å². The molecule has 0 aliphatic carbocycles. The smallest absolute Gasteiger partial charge is 0.123 e. The van der Waals surface area contributed by atoms with E-state index in [4.69, 9.17) is 4.74 Å². The van der Waals surface area contributed by atoms with Crippen LogP contribution in [-0.2, 0) is 0 Å². The van der Waals surface area contributed by atoms with Crippen LogP contribution in [0.15, 0.2) is 48.5 Å². The molecule has 2 aromatic rings. The van der Waals surface area contributed by atoms with Crippen LogP contribution >= 0.6 is 0 Å². The van der Waals surface area contributed by atoms with Gasteiger partial charge in [0, 0.05) is 0 Å². The number of allylic oxidation sites excluding steroid dienone is 1. The molecule has 0 saturated heterocycles. The van der Waals surface area contributed by atoms with Crippen LogP contribution in [0.2, 0.25) is 0 Å². The highest BCUT2D eigenvalue weighted by atomic mass is 19.1. The Bertz CT molecular complexity index is 698. The van der Waals surface area contributed by atoms with Crippen molar-refractivity contribution in [3.05, 3.63) is 65.5 Å². The van der Waals surface area contributed by atoms with Crippen LogP contribution in [0.25, 0.3) is 11.6 Å². The Morgan fingerprint density at radius 2 is 2.00 bits per heavy atom. The van der Waals surface area contributed by atoms with Gasteiger partial charge in [0.15, 0.2) is 0 Å². The first-order valence-electron chi connectivity index (χ1n) is 7.27. The van der Waals surface area contributed by atoms with E-state index in [2.05, 4.69) is 13.0 Å². The summed E-state index contributed by atoms with van der Waals surface area (Å²) in [6.07, 6.45) is 2.85. The SMILES string of the molecule is CC[C@H](C)Oc1ccc(/C=C(/C#N)c2cccc(F)c2)cc1. The van der Waals surface area contributed by atoms with Crippen LogP contribution in [0.1, 0.15) is 31.4 Å². The van der Waals surface area contributed by atoms with Crippen LogP contribution in [-0.4, -0.2) is 6.10 Å². The van der Waals surface area contributed by atoms with Gasteiger partial charge in [0.25, 0.3) is 0 Å². The molecule has 0 aliphatic rings. The quantitative estimate of drug-likeness (QED) is 0.570. The zero-order chi connectivity index (χ0) is 15.9. The molecule has 2 nitrogen and oxygen atoms in total. The van der Waals surface area contributed by atoms with Gasteiger partial charge in [0.2, 0.25) is 0 Å². The van der Waals surface area contributed by atoms with Gasteiger partial charge in [-0.2, -0.15) is 5.26 Å². The van der Waals surface area contributed by atoms with Crippen LogP contribution in [0.5, 0.6) is 5.75 Å². The van der Waals surface area contributed by atoms with Gasteiger partial charge >= 0.3 is 0 Å². The van der Waals surface area contributed by atoms with Crippen molar-refractivity contribution in [2.45, 2.75) is 26.4 Å². The molecular weight excluding hydrogens is 277 g/mol. The molecule has 3 heteroatoms. The Hall–Kier alpha value is -2.60. The number of halogens is 1. The van der Waals surface area contributed by atoms with E-state index in [-0.39, 0.29) is 11.9 Å². The zero-order valence-electron chi connectivity index (χ0n) is 12.7. The van der Waals surface area contributed by atoms with Crippen molar-refractivity contribution >= 4 is 11.6 Å². The largest absolute Gasteiger partial charge is 0.491 e. The Morgan fingerprint density at radius 1 is 1.27 bits per heavy atom. The Kier molecular flexibility index (Phi) is 5.32. The van der Waals surface area contributed by atoms with Gasteiger partial charge in [0.05, 0.1) is 17.7 Å². The van der Waals surface area contributed by atoms with Gasteiger partial charge in [-0.3, -0.25) is 0 Å². The highest BCUT2D eigenvalue weighted by Gasteiger charge is 2.04. The summed E-state index contributed by atoms with van der Waals surface area (Å²) in [5.74, 6) is 0.451. The van der Waals surface area contributed by atoms with Gasteiger partial charge in [-0.15, -0.1) is 0 Å². The van der Waals surface area contributed by atoms with Crippen LogP contribution in [0.4, 0.5) is 4.39 Å². The minimum absolute atomic E-state index is 0.170. The third-order valence-corrected chi connectivity index (χ3v) is 3.36. The predicted molar refractivity (Wildman–Crippen MR) is 86.7 cm³/mol. The number of ether oxygens (including phenoxy) is 1. The van der Waals surface area contributed by atoms with Crippen molar-refractivity contribution in [3.8, 4) is 11.8 Å². The maximum atomic E-state index is 13.3. The number of benzene rings is 2. The van der Waals surface area contributed by atoms with Crippen LogP contribution < -0.4 is 4.74 Å². The van der Waals surface area contributed by atoms with Crippen molar-refractivity contribution < 1.29 is 9.13 Å². The monoisotopic (exact) mass is 295 g/mol. The molecule has 0 N–H and O–H groups in total. The Labute approximate surface area is 130 Å². The lowest BCUT2D eigenvalue weighted by Crippen LogP contribution is -2.09. The molecule has 0 fully saturated rings. The van der Waals surface area contributed by atoms with Crippen molar-refractivity contribution in [2.75, 3.05) is 0 Å². The van der Waals surface area contributed by atoms with E-state index in [1.807, 2.05) is 31.2 Å². The molecule has 0 aromatic heterocycles. The van der Waals surface area contributed by atoms with E-state index in [0.717, 1.165) is 17.7 Å². The maximum absolute atomic E-state index is 13.3. The van der Waals surface area contributed by atoms with E-state index >= 15 is 0 Å². The zero-order valence-corrected chi connectivity index (χ0v) is 12.7. The Morgan fingerprint density at radius 3 is 2.59 bits per heavy atom. The number of nitrogens with zero attached hydrogens (tertiary/aromatic N) is 1. The number of nitriles is 1. The number of hydrogen-bond donors (Lipinski definition) is 0. The molecule has 0 radical (unpaired) electrons. The van der Waals surface area contributed by atoms with E-state index < -0.39 is 0 Å². The topological polar surface area (TPSA) is 33.0 Å². The maximum Gasteiger partial charge on any atom is 0.123 e. The average Bonchev–Trinajstić information content (AvgIpc) is 2.54. The summed E-state index contributed by atoms with van der Waals surface area (Å²) in [4.78, 5) is 0. The summed E-state index contributed by atoms with van der Waals surface area (Å²) in [5.41, 5.74) is 1.87. The molecule has 2 aromatic carbocycles. The second kappa shape index (κ2) is 7.42. The molecule has 22 heavy (non-hydrogen) atoms. The van der Waals surface area contributed by atoms with Gasteiger partial charge in [-0.1, -0.05) is 31.2 Å². The fourth-order valence-corrected chi connectivity index (χ4v) is 1.96. The summed E-state index contributed by atoms with van der Waals surface area (Å²) in [5, 5.41) is 9.27. The minimum Gasteiger partial charge on any atom is -0.491 e. The fraction of sp³-hybridized carbons (Fsp3) is 0.211. The lowest BCUT2D eigenvalue weighted by atomic mass is 10.0. The average molecular weight is 295 g/mol. The van der Waals surface area contributed by atoms with Gasteiger partial charge < -0.3 is 4.74 Å². The summed E-state index contributed by atoms with van der Waals surface area (Å²) in [7, 11) is 0. The van der Waals surface area contributed by atoms with E-state index in [1.54, 1.807) is 18.2 Å². The summed E-state index contributed by atoms with van der Waals surface area (Å²) >= 11 is 0. The minimum atomic E-state index is -0.351. The molecule has 112 valence electrons. The van der Waals surface area contributed by atoms with Gasteiger partial charge in [-0.25, -0.2) is 4.39 Å². The van der Waals surface area contributed by atoms with Crippen molar-refractivity contribution in [3.63, 3.8) is 0 Å². The second-order valence-corrected chi connectivity index (χ2v) is 5.09. The van der Waals surface area contributed by atoms with Crippen molar-refractivity contribution in [1.29, 1.82) is 5.26 Å². The first-order valence-corrected chi connectivity index (χ1v) is 7.27. The second-order valence-electron chi connectivity index (χ2n) is 5.09. The van der Waals surface area contributed by atoms with Crippen molar-refractivity contribution in [1.82, 2.24) is 0 Å². The fourth-order valence-electron chi connectivity index (χ4n) is 1.96. The van der Waals surface area contributed by atoms with E-state index in [0.29, 0.717) is 11.1 Å². The molecule has 0 heterocycles. The molecule has 0 aliphatic heterocycles. The first kappa shape index (κ1) is 15.8. The standard InChI is InChI=1S/C19H18FNO/c1-3-14(2)22-19-9-7-15(8-10-19)11-17(13-21)16-5-4-6-18(20)12-16/h4-12,14H,3H2,1-2H3/b17-11-/t14-/m0/s1. The highest BCUT2D eigenvalue weighted by Crippen LogP contribution is 2.21. The lowest BCUT2D eigenvalue weighted by molar-refractivity contribution is 0.217. The summed E-state index contributed by atoms with van der Waals surface area (Å²) in [6.45, 7) is 4.09. The first-order chi connectivity index (χ1) is 10.6. The van der Waals surface area contributed by atoms with E-state index in [9.17, 15) is 9.65 Å². The Balaban J connectivity index is 2.22. The third-order valence-electron chi connectivity index (χ3n) is 3.36. The highest BCUT2D eigenvalue weighted by molar-refractivity contribution is 5.89. The molecule has 0 unspecified atom stereocenters. The summed E-state index contributed by atoms with van der Waals surface area (Å²) in [6, 6.07) is 15.7. The van der Waals surface area contributed by atoms with Crippen LogP contribution in [0.3, 0.4) is 0 Å². The molecule has 0 amide bonds. The molecular formula is C19H18FNO. The number of hydrogen-bond acceptors (Lipinski definition) is 2. The predicted octanol–water partition coefficient (Wildman–Crippen LogP) is 5.07. The normalized spacial score (nSPS) is 12.5. The van der Waals surface area contributed by atoms with Gasteiger partial charge in [0.1, 0.15) is 11.6 Å². The molecule has 0 saturated carbocycles.